The standard InChI is InChI=1S/C16H18N2O3/c1-9(10-4-6-17-7-5-10)18-15(19)13-11-2-3-12(8-11)14(13)16(20)21/h2-7,9,11-14H,8H2,1H3,(H,18,19)(H,20,21)/t9-,11+,12+,13-,14+/m1/s1. The van der Waals surface area contributed by atoms with Crippen molar-refractivity contribution < 1.29 is 14.7 Å². The van der Waals surface area contributed by atoms with Gasteiger partial charge >= 0.3 is 5.97 Å². The molecule has 5 heteroatoms. The second-order valence-electron chi connectivity index (χ2n) is 5.85. The van der Waals surface area contributed by atoms with Gasteiger partial charge < -0.3 is 10.4 Å². The number of amides is 1. The molecule has 0 aromatic carbocycles. The van der Waals surface area contributed by atoms with Crippen LogP contribution < -0.4 is 5.32 Å². The van der Waals surface area contributed by atoms with Gasteiger partial charge in [-0.05, 0) is 42.9 Å². The summed E-state index contributed by atoms with van der Waals surface area (Å²) in [5.74, 6) is -2.03. The van der Waals surface area contributed by atoms with Crippen LogP contribution >= 0.6 is 0 Å². The first-order chi connectivity index (χ1) is 10.1. The first-order valence-corrected chi connectivity index (χ1v) is 7.19. The summed E-state index contributed by atoms with van der Waals surface area (Å²) in [6.07, 6.45) is 8.07. The molecular weight excluding hydrogens is 268 g/mol. The summed E-state index contributed by atoms with van der Waals surface area (Å²) in [5.41, 5.74) is 0.962. The molecule has 1 heterocycles. The molecule has 2 aliphatic rings. The van der Waals surface area contributed by atoms with Gasteiger partial charge in [-0.1, -0.05) is 12.2 Å². The highest BCUT2D eigenvalue weighted by Gasteiger charge is 2.51. The van der Waals surface area contributed by atoms with Crippen LogP contribution in [0.4, 0.5) is 0 Å². The summed E-state index contributed by atoms with van der Waals surface area (Å²) >= 11 is 0. The summed E-state index contributed by atoms with van der Waals surface area (Å²) in [7, 11) is 0. The monoisotopic (exact) mass is 286 g/mol. The number of nitrogens with zero attached hydrogens (tertiary/aromatic N) is 1. The number of aliphatic carboxylic acids is 1. The van der Waals surface area contributed by atoms with Gasteiger partial charge in [-0.3, -0.25) is 14.6 Å². The highest BCUT2D eigenvalue weighted by atomic mass is 16.4. The van der Waals surface area contributed by atoms with E-state index in [1.165, 1.54) is 0 Å². The van der Waals surface area contributed by atoms with E-state index >= 15 is 0 Å². The number of carbonyl (C=O) groups excluding carboxylic acids is 1. The third-order valence-electron chi connectivity index (χ3n) is 4.61. The van der Waals surface area contributed by atoms with Crippen molar-refractivity contribution in [2.45, 2.75) is 19.4 Å². The summed E-state index contributed by atoms with van der Waals surface area (Å²) in [6, 6.07) is 3.54. The smallest absolute Gasteiger partial charge is 0.307 e. The van der Waals surface area contributed by atoms with E-state index in [9.17, 15) is 14.7 Å². The Kier molecular flexibility index (Phi) is 3.49. The molecule has 0 saturated heterocycles. The molecule has 5 atom stereocenters. The zero-order chi connectivity index (χ0) is 15.0. The van der Waals surface area contributed by atoms with Gasteiger partial charge in [-0.15, -0.1) is 0 Å². The molecule has 0 aliphatic heterocycles. The molecule has 1 aromatic heterocycles. The molecule has 5 nitrogen and oxygen atoms in total. The fourth-order valence-corrected chi connectivity index (χ4v) is 3.56. The third-order valence-corrected chi connectivity index (χ3v) is 4.61. The van der Waals surface area contributed by atoms with E-state index in [1.54, 1.807) is 12.4 Å². The number of rotatable bonds is 4. The van der Waals surface area contributed by atoms with Crippen molar-refractivity contribution in [3.05, 3.63) is 42.2 Å². The minimum atomic E-state index is -0.872. The third kappa shape index (κ3) is 2.44. The molecule has 0 spiro atoms. The van der Waals surface area contributed by atoms with Crippen molar-refractivity contribution in [3.8, 4) is 0 Å². The van der Waals surface area contributed by atoms with Crippen LogP contribution in [0.5, 0.6) is 0 Å². The number of carbonyl (C=O) groups is 2. The normalized spacial score (nSPS) is 31.1. The van der Waals surface area contributed by atoms with E-state index < -0.39 is 17.8 Å². The molecule has 2 N–H and O–H groups in total. The van der Waals surface area contributed by atoms with Gasteiger partial charge in [0.1, 0.15) is 0 Å². The SMILES string of the molecule is C[C@@H](NC(=O)[C@H]1[C@@H](C(=O)O)[C@H]2C=C[C@H]1C2)c1ccncc1. The number of nitrogens with one attached hydrogen (secondary N) is 1. The van der Waals surface area contributed by atoms with Gasteiger partial charge in [0, 0.05) is 12.4 Å². The van der Waals surface area contributed by atoms with E-state index in [0.29, 0.717) is 0 Å². The lowest BCUT2D eigenvalue weighted by molar-refractivity contribution is -0.148. The molecule has 1 amide bonds. The van der Waals surface area contributed by atoms with Crippen molar-refractivity contribution >= 4 is 11.9 Å². The predicted octanol–water partition coefficient (Wildman–Crippen LogP) is 1.78. The van der Waals surface area contributed by atoms with Crippen LogP contribution in [0.15, 0.2) is 36.7 Å². The zero-order valence-corrected chi connectivity index (χ0v) is 11.8. The minimum absolute atomic E-state index is 0.000480. The van der Waals surface area contributed by atoms with Gasteiger partial charge in [0.15, 0.2) is 0 Å². The maximum Gasteiger partial charge on any atom is 0.307 e. The molecule has 2 aliphatic carbocycles. The van der Waals surface area contributed by atoms with E-state index in [4.69, 9.17) is 0 Å². The average Bonchev–Trinajstić information content (AvgIpc) is 3.08. The Morgan fingerprint density at radius 2 is 1.86 bits per heavy atom. The molecule has 21 heavy (non-hydrogen) atoms. The number of carboxylic acid groups (broad SMARTS) is 1. The van der Waals surface area contributed by atoms with E-state index in [2.05, 4.69) is 10.3 Å². The molecular formula is C16H18N2O3. The number of aromatic nitrogens is 1. The van der Waals surface area contributed by atoms with Crippen LogP contribution in [-0.2, 0) is 9.59 Å². The van der Waals surface area contributed by atoms with E-state index in [1.807, 2.05) is 31.2 Å². The average molecular weight is 286 g/mol. The van der Waals surface area contributed by atoms with Gasteiger partial charge in [0.05, 0.1) is 17.9 Å². The largest absolute Gasteiger partial charge is 0.481 e. The van der Waals surface area contributed by atoms with Crippen molar-refractivity contribution in [2.24, 2.45) is 23.7 Å². The van der Waals surface area contributed by atoms with Crippen molar-refractivity contribution in [1.82, 2.24) is 10.3 Å². The second kappa shape index (κ2) is 5.31. The fraction of sp³-hybridized carbons (Fsp3) is 0.438. The van der Waals surface area contributed by atoms with Crippen molar-refractivity contribution in [3.63, 3.8) is 0 Å². The topological polar surface area (TPSA) is 79.3 Å². The summed E-state index contributed by atoms with van der Waals surface area (Å²) < 4.78 is 0. The van der Waals surface area contributed by atoms with Crippen LogP contribution in [0.2, 0.25) is 0 Å². The molecule has 0 radical (unpaired) electrons. The van der Waals surface area contributed by atoms with Gasteiger partial charge in [0.25, 0.3) is 0 Å². The van der Waals surface area contributed by atoms with Crippen molar-refractivity contribution in [1.29, 1.82) is 0 Å². The first kappa shape index (κ1) is 13.8. The maximum absolute atomic E-state index is 12.5. The van der Waals surface area contributed by atoms with Crippen LogP contribution in [0, 0.1) is 23.7 Å². The van der Waals surface area contributed by atoms with Crippen LogP contribution in [0.3, 0.4) is 0 Å². The van der Waals surface area contributed by atoms with Gasteiger partial charge in [0.2, 0.25) is 5.91 Å². The Labute approximate surface area is 123 Å². The Balaban J connectivity index is 1.73. The Morgan fingerprint density at radius 3 is 2.48 bits per heavy atom. The van der Waals surface area contributed by atoms with Crippen LogP contribution in [0.1, 0.15) is 24.9 Å². The first-order valence-electron chi connectivity index (χ1n) is 7.19. The predicted molar refractivity (Wildman–Crippen MR) is 76.1 cm³/mol. The van der Waals surface area contributed by atoms with Crippen molar-refractivity contribution in [2.75, 3.05) is 0 Å². The number of pyridine rings is 1. The van der Waals surface area contributed by atoms with E-state index in [-0.39, 0.29) is 23.8 Å². The van der Waals surface area contributed by atoms with Gasteiger partial charge in [-0.25, -0.2) is 0 Å². The number of fused-ring (bicyclic) bond motifs is 2. The molecule has 1 fully saturated rings. The molecule has 2 bridgehead atoms. The number of hydrogen-bond acceptors (Lipinski definition) is 3. The number of carboxylic acids is 1. The summed E-state index contributed by atoms with van der Waals surface area (Å²) in [4.78, 5) is 27.9. The van der Waals surface area contributed by atoms with E-state index in [0.717, 1.165) is 12.0 Å². The Hall–Kier alpha value is -2.17. The second-order valence-corrected chi connectivity index (χ2v) is 5.85. The maximum atomic E-state index is 12.5. The number of hydrogen-bond donors (Lipinski definition) is 2. The highest BCUT2D eigenvalue weighted by Crippen LogP contribution is 2.48. The van der Waals surface area contributed by atoms with Gasteiger partial charge in [-0.2, -0.15) is 0 Å². The quantitative estimate of drug-likeness (QED) is 0.827. The number of allylic oxidation sites excluding steroid dienone is 2. The zero-order valence-electron chi connectivity index (χ0n) is 11.8. The lowest BCUT2D eigenvalue weighted by Crippen LogP contribution is -2.41. The highest BCUT2D eigenvalue weighted by molar-refractivity contribution is 5.87. The lowest BCUT2D eigenvalue weighted by atomic mass is 9.82. The Bertz CT molecular complexity index is 584. The molecule has 1 saturated carbocycles. The molecule has 3 rings (SSSR count). The summed E-state index contributed by atoms with van der Waals surface area (Å²) in [6.45, 7) is 1.89. The Morgan fingerprint density at radius 1 is 1.24 bits per heavy atom. The van der Waals surface area contributed by atoms with Crippen LogP contribution in [0.25, 0.3) is 0 Å². The van der Waals surface area contributed by atoms with Crippen LogP contribution in [-0.4, -0.2) is 22.0 Å². The fourth-order valence-electron chi connectivity index (χ4n) is 3.56. The molecule has 110 valence electrons. The lowest BCUT2D eigenvalue weighted by Gasteiger charge is -2.25. The minimum Gasteiger partial charge on any atom is -0.481 e. The molecule has 0 unspecified atom stereocenters. The molecule has 1 aromatic rings. The summed E-state index contributed by atoms with van der Waals surface area (Å²) in [5, 5.41) is 12.3.